The Labute approximate surface area is 442 Å². The zero-order chi connectivity index (χ0) is 50.6. The number of benzene rings is 12. The number of hydrogen-bond donors (Lipinski definition) is 0. The number of rotatable bonds is 7. The summed E-state index contributed by atoms with van der Waals surface area (Å²) in [4.78, 5) is 16.2. The minimum atomic E-state index is 0.555. The van der Waals surface area contributed by atoms with Gasteiger partial charge in [-0.15, -0.1) is 0 Å². The first-order valence-corrected chi connectivity index (χ1v) is 26.2. The van der Waals surface area contributed by atoms with E-state index in [0.29, 0.717) is 17.6 Å². The van der Waals surface area contributed by atoms with Gasteiger partial charge in [0.25, 0.3) is 0 Å². The minimum absolute atomic E-state index is 0.555. The molecular weight excluding hydrogens is 937 g/mol. The molecule has 0 fully saturated rings. The van der Waals surface area contributed by atoms with Crippen molar-refractivity contribution in [1.82, 2.24) is 28.7 Å². The highest BCUT2D eigenvalue weighted by molar-refractivity contribution is 6.29. The second-order valence-corrected chi connectivity index (χ2v) is 19.9. The predicted octanol–water partition coefficient (Wildman–Crippen LogP) is 18.1. The van der Waals surface area contributed by atoms with Gasteiger partial charge in [-0.05, 0) is 98.4 Å². The molecule has 0 aliphatic heterocycles. The van der Waals surface area contributed by atoms with Crippen LogP contribution in [0.25, 0.3) is 149 Å². The summed E-state index contributed by atoms with van der Waals surface area (Å²) >= 11 is 0. The fraction of sp³-hybridized carbons (Fsp3) is 0. The molecule has 77 heavy (non-hydrogen) atoms. The molecule has 4 aromatic heterocycles. The van der Waals surface area contributed by atoms with Crippen LogP contribution in [0.2, 0.25) is 0 Å². The second-order valence-electron chi connectivity index (χ2n) is 19.9. The van der Waals surface area contributed by atoms with Gasteiger partial charge in [0.2, 0.25) is 5.95 Å². The first kappa shape index (κ1) is 43.0. The van der Waals surface area contributed by atoms with Crippen LogP contribution in [0.1, 0.15) is 0 Å². The quantitative estimate of drug-likeness (QED) is 0.160. The maximum Gasteiger partial charge on any atom is 0.238 e. The van der Waals surface area contributed by atoms with Crippen LogP contribution >= 0.6 is 0 Å². The summed E-state index contributed by atoms with van der Waals surface area (Å²) in [6.07, 6.45) is 0. The van der Waals surface area contributed by atoms with Gasteiger partial charge in [-0.1, -0.05) is 212 Å². The van der Waals surface area contributed by atoms with Gasteiger partial charge in [0.1, 0.15) is 0 Å². The minimum Gasteiger partial charge on any atom is -0.309 e. The summed E-state index contributed by atoms with van der Waals surface area (Å²) < 4.78 is 7.16. The molecule has 0 amide bonds. The van der Waals surface area contributed by atoms with Crippen molar-refractivity contribution in [3.8, 4) is 62.4 Å². The summed E-state index contributed by atoms with van der Waals surface area (Å²) in [6, 6.07) is 95.8. The molecule has 6 nitrogen and oxygen atoms in total. The highest BCUT2D eigenvalue weighted by Crippen LogP contribution is 2.45. The standard InChI is InChI=1S/C71H44N6/c1-2-18-45(19-3-1)46-38-40-47(41-39-46)50-24-14-25-51(44-50)75-59-33-11-9-29-57(59)67-64(75)42-43-65-68(67)58-30-10-12-34-60(58)76(65)62-36-17-37-63-66(62)56-28-8-13-35-61(56)77(63)71-73-69(54-31-15-22-48-20-4-6-26-52(48)54)72-70(74-71)55-32-16-23-49-21-5-7-27-53(49)55/h1-44H. The van der Waals surface area contributed by atoms with Crippen LogP contribution < -0.4 is 0 Å². The van der Waals surface area contributed by atoms with Crippen molar-refractivity contribution in [2.24, 2.45) is 0 Å². The van der Waals surface area contributed by atoms with Crippen molar-refractivity contribution in [3.05, 3.63) is 267 Å². The Bertz CT molecular complexity index is 4930. The van der Waals surface area contributed by atoms with Crippen molar-refractivity contribution in [2.75, 3.05) is 0 Å². The zero-order valence-corrected chi connectivity index (χ0v) is 41.6. The van der Waals surface area contributed by atoms with Gasteiger partial charge in [-0.2, -0.15) is 9.97 Å². The van der Waals surface area contributed by atoms with Crippen molar-refractivity contribution < 1.29 is 0 Å². The highest BCUT2D eigenvalue weighted by atomic mass is 15.2. The van der Waals surface area contributed by atoms with Crippen molar-refractivity contribution in [2.45, 2.75) is 0 Å². The molecule has 16 aromatic rings. The Morgan fingerprint density at radius 2 is 0.662 bits per heavy atom. The molecule has 0 radical (unpaired) electrons. The van der Waals surface area contributed by atoms with E-state index in [4.69, 9.17) is 15.0 Å². The Hall–Kier alpha value is -10.4. The zero-order valence-electron chi connectivity index (χ0n) is 41.6. The molecule has 4 heterocycles. The molecule has 0 aliphatic carbocycles. The average Bonchev–Trinajstić information content (AvgIpc) is 4.26. The lowest BCUT2D eigenvalue weighted by molar-refractivity contribution is 0.955. The van der Waals surface area contributed by atoms with Crippen LogP contribution in [-0.2, 0) is 0 Å². The number of hydrogen-bond acceptors (Lipinski definition) is 3. The Morgan fingerprint density at radius 1 is 0.247 bits per heavy atom. The molecule has 12 aromatic carbocycles. The number of aromatic nitrogens is 6. The average molecular weight is 981 g/mol. The van der Waals surface area contributed by atoms with Gasteiger partial charge >= 0.3 is 0 Å². The summed E-state index contributed by atoms with van der Waals surface area (Å²) in [5, 5.41) is 11.5. The molecule has 358 valence electrons. The highest BCUT2D eigenvalue weighted by Gasteiger charge is 2.25. The third-order valence-electron chi connectivity index (χ3n) is 15.7. The summed E-state index contributed by atoms with van der Waals surface area (Å²) in [5.41, 5.74) is 15.5. The van der Waals surface area contributed by atoms with Gasteiger partial charge in [-0.25, -0.2) is 4.98 Å². The lowest BCUT2D eigenvalue weighted by atomic mass is 10.00. The van der Waals surface area contributed by atoms with E-state index in [-0.39, 0.29) is 0 Å². The third kappa shape index (κ3) is 6.65. The molecule has 0 atom stereocenters. The normalized spacial score (nSPS) is 11.9. The van der Waals surface area contributed by atoms with E-state index in [1.54, 1.807) is 0 Å². The Morgan fingerprint density at radius 3 is 1.29 bits per heavy atom. The lowest BCUT2D eigenvalue weighted by Crippen LogP contribution is -2.07. The van der Waals surface area contributed by atoms with Gasteiger partial charge in [0.05, 0.1) is 38.8 Å². The maximum atomic E-state index is 5.45. The Balaban J connectivity index is 0.918. The lowest BCUT2D eigenvalue weighted by Gasteiger charge is -2.14. The molecule has 0 unspecified atom stereocenters. The molecule has 0 N–H and O–H groups in total. The first-order chi connectivity index (χ1) is 38.2. The maximum absolute atomic E-state index is 5.45. The molecule has 0 aliphatic rings. The van der Waals surface area contributed by atoms with E-state index in [0.717, 1.165) is 87.9 Å². The SMILES string of the molecule is c1ccc(-c2ccc(-c3cccc(-n4c5ccccc5c5c6c7ccccc7n(-c7cccc8c7c7ccccc7n8-c7nc(-c8cccc9ccccc89)nc(-c8cccc9ccccc89)n7)c6ccc54)c3)cc2)cc1. The van der Waals surface area contributed by atoms with Crippen LogP contribution in [-0.4, -0.2) is 28.7 Å². The fourth-order valence-corrected chi connectivity index (χ4v) is 12.3. The molecule has 0 bridgehead atoms. The van der Waals surface area contributed by atoms with Crippen LogP contribution in [0.3, 0.4) is 0 Å². The molecule has 16 rings (SSSR count). The summed E-state index contributed by atoms with van der Waals surface area (Å²) in [7, 11) is 0. The van der Waals surface area contributed by atoms with Crippen molar-refractivity contribution in [3.63, 3.8) is 0 Å². The van der Waals surface area contributed by atoms with Crippen LogP contribution in [0.5, 0.6) is 0 Å². The van der Waals surface area contributed by atoms with Gasteiger partial charge in [-0.3, -0.25) is 4.57 Å². The smallest absolute Gasteiger partial charge is 0.238 e. The van der Waals surface area contributed by atoms with Crippen molar-refractivity contribution in [1.29, 1.82) is 0 Å². The van der Waals surface area contributed by atoms with Gasteiger partial charge in [0.15, 0.2) is 11.6 Å². The van der Waals surface area contributed by atoms with E-state index < -0.39 is 0 Å². The molecule has 6 heteroatoms. The fourth-order valence-electron chi connectivity index (χ4n) is 12.3. The van der Waals surface area contributed by atoms with Crippen LogP contribution in [0, 0.1) is 0 Å². The molecule has 0 saturated heterocycles. The molecular formula is C71H44N6. The number of nitrogens with zero attached hydrogens (tertiary/aromatic N) is 6. The largest absolute Gasteiger partial charge is 0.309 e. The van der Waals surface area contributed by atoms with E-state index in [1.807, 2.05) is 0 Å². The van der Waals surface area contributed by atoms with Crippen LogP contribution in [0.4, 0.5) is 0 Å². The monoisotopic (exact) mass is 980 g/mol. The molecule has 0 saturated carbocycles. The van der Waals surface area contributed by atoms with Crippen molar-refractivity contribution >= 4 is 87.0 Å². The number of para-hydroxylation sites is 3. The second kappa shape index (κ2) is 17.1. The Kier molecular flexibility index (Phi) is 9.53. The summed E-state index contributed by atoms with van der Waals surface area (Å²) in [5.74, 6) is 1.79. The number of fused-ring (bicyclic) bond motifs is 12. The molecule has 0 spiro atoms. The first-order valence-electron chi connectivity index (χ1n) is 26.2. The topological polar surface area (TPSA) is 53.5 Å². The third-order valence-corrected chi connectivity index (χ3v) is 15.7. The van der Waals surface area contributed by atoms with E-state index in [2.05, 4.69) is 281 Å². The van der Waals surface area contributed by atoms with E-state index in [1.165, 1.54) is 43.8 Å². The predicted molar refractivity (Wildman–Crippen MR) is 320 cm³/mol. The van der Waals surface area contributed by atoms with E-state index in [9.17, 15) is 0 Å². The van der Waals surface area contributed by atoms with Gasteiger partial charge in [0, 0.05) is 49.1 Å². The van der Waals surface area contributed by atoms with Gasteiger partial charge < -0.3 is 9.13 Å². The van der Waals surface area contributed by atoms with E-state index >= 15 is 0 Å². The summed E-state index contributed by atoms with van der Waals surface area (Å²) in [6.45, 7) is 0. The van der Waals surface area contributed by atoms with Crippen LogP contribution in [0.15, 0.2) is 267 Å².